The van der Waals surface area contributed by atoms with Crippen LogP contribution in [0.4, 0.5) is 5.69 Å². The van der Waals surface area contributed by atoms with Gasteiger partial charge in [0, 0.05) is 22.4 Å². The lowest BCUT2D eigenvalue weighted by molar-refractivity contribution is 0.292. The third-order valence-corrected chi connectivity index (χ3v) is 3.68. The van der Waals surface area contributed by atoms with E-state index in [-0.39, 0.29) is 5.56 Å². The Hall–Kier alpha value is -1.75. The first-order valence-corrected chi connectivity index (χ1v) is 7.65. The Morgan fingerprint density at radius 2 is 2.05 bits per heavy atom. The quantitative estimate of drug-likeness (QED) is 0.898. The Morgan fingerprint density at radius 1 is 1.29 bits per heavy atom. The molecule has 1 aromatic carbocycles. The van der Waals surface area contributed by atoms with Crippen molar-refractivity contribution < 1.29 is 4.74 Å². The van der Waals surface area contributed by atoms with E-state index in [0.29, 0.717) is 24.8 Å². The number of pyridine rings is 1. The van der Waals surface area contributed by atoms with Gasteiger partial charge in [-0.2, -0.15) is 0 Å². The second kappa shape index (κ2) is 6.80. The van der Waals surface area contributed by atoms with Gasteiger partial charge < -0.3 is 15.0 Å². The van der Waals surface area contributed by atoms with Crippen LogP contribution in [-0.4, -0.2) is 11.2 Å². The Bertz CT molecular complexity index is 680. The molecule has 0 amide bonds. The Labute approximate surface area is 132 Å². The summed E-state index contributed by atoms with van der Waals surface area (Å²) in [7, 11) is 0. The van der Waals surface area contributed by atoms with E-state index >= 15 is 0 Å². The van der Waals surface area contributed by atoms with Gasteiger partial charge in [-0.05, 0) is 35.7 Å². The zero-order valence-corrected chi connectivity index (χ0v) is 13.8. The summed E-state index contributed by atoms with van der Waals surface area (Å²) in [6, 6.07) is 9.03. The van der Waals surface area contributed by atoms with E-state index < -0.39 is 0 Å². The molecule has 0 aliphatic heterocycles. The minimum absolute atomic E-state index is 0.0762. The lowest BCUT2D eigenvalue weighted by atomic mass is 10.0. The van der Waals surface area contributed by atoms with Gasteiger partial charge in [0.25, 0.3) is 5.56 Å². The fourth-order valence-electron chi connectivity index (χ4n) is 2.08. The third-order valence-electron chi connectivity index (χ3n) is 3.19. The van der Waals surface area contributed by atoms with E-state index in [4.69, 9.17) is 10.5 Å². The average Bonchev–Trinajstić information content (AvgIpc) is 2.44. The SMILES string of the molecule is CC(C)c1cc(Br)ccc1OCCn1cc(N)ccc1=O. The maximum Gasteiger partial charge on any atom is 0.250 e. The molecule has 0 aliphatic rings. The van der Waals surface area contributed by atoms with Gasteiger partial charge in [-0.15, -0.1) is 0 Å². The largest absolute Gasteiger partial charge is 0.491 e. The standard InChI is InChI=1S/C16H19BrN2O2/c1-11(2)14-9-12(17)3-5-15(14)21-8-7-19-10-13(18)4-6-16(19)20/h3-6,9-11H,7-8,18H2,1-2H3. The van der Waals surface area contributed by atoms with Gasteiger partial charge in [-0.3, -0.25) is 4.79 Å². The number of nitrogens with two attached hydrogens (primary N) is 1. The number of hydrogen-bond donors (Lipinski definition) is 1. The maximum absolute atomic E-state index is 11.7. The predicted molar refractivity (Wildman–Crippen MR) is 88.8 cm³/mol. The summed E-state index contributed by atoms with van der Waals surface area (Å²) in [5.74, 6) is 1.22. The van der Waals surface area contributed by atoms with Gasteiger partial charge in [-0.25, -0.2) is 0 Å². The highest BCUT2D eigenvalue weighted by atomic mass is 79.9. The molecule has 0 radical (unpaired) electrons. The summed E-state index contributed by atoms with van der Waals surface area (Å²) >= 11 is 3.47. The average molecular weight is 351 g/mol. The normalized spacial score (nSPS) is 10.9. The highest BCUT2D eigenvalue weighted by Crippen LogP contribution is 2.29. The number of anilines is 1. The van der Waals surface area contributed by atoms with Crippen molar-refractivity contribution in [2.75, 3.05) is 12.3 Å². The van der Waals surface area contributed by atoms with E-state index in [1.165, 1.54) is 6.07 Å². The Balaban J connectivity index is 2.07. The summed E-state index contributed by atoms with van der Waals surface area (Å²) in [4.78, 5) is 11.7. The van der Waals surface area contributed by atoms with Gasteiger partial charge in [0.15, 0.2) is 0 Å². The van der Waals surface area contributed by atoms with Crippen molar-refractivity contribution in [1.29, 1.82) is 0 Å². The smallest absolute Gasteiger partial charge is 0.250 e. The zero-order valence-electron chi connectivity index (χ0n) is 12.2. The van der Waals surface area contributed by atoms with Crippen LogP contribution in [0.25, 0.3) is 0 Å². The topological polar surface area (TPSA) is 57.2 Å². The molecule has 0 bridgehead atoms. The van der Waals surface area contributed by atoms with Crippen molar-refractivity contribution in [1.82, 2.24) is 4.57 Å². The summed E-state index contributed by atoms with van der Waals surface area (Å²) in [5, 5.41) is 0. The van der Waals surface area contributed by atoms with E-state index in [0.717, 1.165) is 15.8 Å². The van der Waals surface area contributed by atoms with Crippen LogP contribution < -0.4 is 16.0 Å². The number of hydrogen-bond acceptors (Lipinski definition) is 3. The zero-order chi connectivity index (χ0) is 15.4. The summed E-state index contributed by atoms with van der Waals surface area (Å²) < 4.78 is 8.42. The number of aromatic nitrogens is 1. The van der Waals surface area contributed by atoms with Crippen LogP contribution in [0, 0.1) is 0 Å². The Morgan fingerprint density at radius 3 is 2.76 bits per heavy atom. The fourth-order valence-corrected chi connectivity index (χ4v) is 2.46. The van der Waals surface area contributed by atoms with E-state index in [1.54, 1.807) is 16.8 Å². The molecule has 0 fully saturated rings. The highest BCUT2D eigenvalue weighted by Gasteiger charge is 2.08. The van der Waals surface area contributed by atoms with Crippen molar-refractivity contribution in [3.05, 3.63) is 56.9 Å². The predicted octanol–water partition coefficient (Wildman–Crippen LogP) is 3.40. The van der Waals surface area contributed by atoms with Crippen molar-refractivity contribution in [2.24, 2.45) is 0 Å². The molecule has 2 aromatic rings. The number of halogens is 1. The lowest BCUT2D eigenvalue weighted by Crippen LogP contribution is -2.22. The second-order valence-corrected chi connectivity index (χ2v) is 6.10. The Kier molecular flexibility index (Phi) is 5.07. The molecule has 5 heteroatoms. The van der Waals surface area contributed by atoms with Crippen LogP contribution in [0.3, 0.4) is 0 Å². The minimum Gasteiger partial charge on any atom is -0.491 e. The summed E-state index contributed by atoms with van der Waals surface area (Å²) in [6.07, 6.45) is 1.64. The van der Waals surface area contributed by atoms with E-state index in [9.17, 15) is 4.79 Å². The third kappa shape index (κ3) is 4.11. The van der Waals surface area contributed by atoms with Gasteiger partial charge in [-0.1, -0.05) is 29.8 Å². The van der Waals surface area contributed by atoms with Gasteiger partial charge in [0.05, 0.1) is 6.54 Å². The molecule has 0 atom stereocenters. The van der Waals surface area contributed by atoms with Crippen LogP contribution in [0.1, 0.15) is 25.3 Å². The van der Waals surface area contributed by atoms with Crippen LogP contribution in [-0.2, 0) is 6.54 Å². The second-order valence-electron chi connectivity index (χ2n) is 5.18. The van der Waals surface area contributed by atoms with Crippen LogP contribution in [0.15, 0.2) is 45.8 Å². The van der Waals surface area contributed by atoms with Crippen LogP contribution in [0.2, 0.25) is 0 Å². The van der Waals surface area contributed by atoms with Crippen molar-refractivity contribution in [2.45, 2.75) is 26.3 Å². The van der Waals surface area contributed by atoms with Crippen LogP contribution >= 0.6 is 15.9 Å². The van der Waals surface area contributed by atoms with Crippen molar-refractivity contribution >= 4 is 21.6 Å². The number of rotatable bonds is 5. The molecule has 0 saturated heterocycles. The minimum atomic E-state index is -0.0762. The van der Waals surface area contributed by atoms with Crippen LogP contribution in [0.5, 0.6) is 5.75 Å². The monoisotopic (exact) mass is 350 g/mol. The molecule has 4 nitrogen and oxygen atoms in total. The van der Waals surface area contributed by atoms with Gasteiger partial charge >= 0.3 is 0 Å². The van der Waals surface area contributed by atoms with Crippen molar-refractivity contribution in [3.63, 3.8) is 0 Å². The molecular weight excluding hydrogens is 332 g/mol. The highest BCUT2D eigenvalue weighted by molar-refractivity contribution is 9.10. The lowest BCUT2D eigenvalue weighted by Gasteiger charge is -2.15. The number of nitrogens with zero attached hydrogens (tertiary/aromatic N) is 1. The molecule has 0 spiro atoms. The molecule has 2 N–H and O–H groups in total. The first kappa shape index (κ1) is 15.6. The van der Waals surface area contributed by atoms with Crippen molar-refractivity contribution in [3.8, 4) is 5.75 Å². The summed E-state index contributed by atoms with van der Waals surface area (Å²) in [6.45, 7) is 5.14. The molecule has 0 saturated carbocycles. The van der Waals surface area contributed by atoms with E-state index in [2.05, 4.69) is 35.8 Å². The molecule has 0 aliphatic carbocycles. The molecule has 1 heterocycles. The molecule has 112 valence electrons. The first-order valence-electron chi connectivity index (χ1n) is 6.85. The molecule has 2 rings (SSSR count). The fraction of sp³-hybridized carbons (Fsp3) is 0.312. The molecular formula is C16H19BrN2O2. The number of benzene rings is 1. The number of nitrogen functional groups attached to an aromatic ring is 1. The molecule has 1 aromatic heterocycles. The van der Waals surface area contributed by atoms with E-state index in [1.807, 2.05) is 12.1 Å². The maximum atomic E-state index is 11.7. The molecule has 21 heavy (non-hydrogen) atoms. The first-order chi connectivity index (χ1) is 9.97. The summed E-state index contributed by atoms with van der Waals surface area (Å²) in [5.41, 5.74) is 7.32. The molecule has 0 unspecified atom stereocenters. The van der Waals surface area contributed by atoms with Gasteiger partial charge in [0.1, 0.15) is 12.4 Å². The number of ether oxygens (including phenoxy) is 1. The van der Waals surface area contributed by atoms with Gasteiger partial charge in [0.2, 0.25) is 0 Å².